The Kier molecular flexibility index (Phi) is 2.72. The van der Waals surface area contributed by atoms with Gasteiger partial charge >= 0.3 is 5.69 Å². The van der Waals surface area contributed by atoms with E-state index in [0.717, 1.165) is 10.1 Å². The molecule has 2 aromatic rings. The molecule has 1 aromatic heterocycles. The van der Waals surface area contributed by atoms with Crippen LogP contribution in [0.1, 0.15) is 6.92 Å². The molecule has 0 atom stereocenters. The van der Waals surface area contributed by atoms with Crippen molar-refractivity contribution >= 4 is 0 Å². The lowest BCUT2D eigenvalue weighted by molar-refractivity contribution is 0.674. The largest absolute Gasteiger partial charge is 0.328 e. The van der Waals surface area contributed by atoms with Crippen LogP contribution in [-0.2, 0) is 6.54 Å². The number of aromatic amines is 1. The highest BCUT2D eigenvalue weighted by atomic mass is 16.2. The average molecular weight is 216 g/mol. The molecule has 0 saturated heterocycles. The Labute approximate surface area is 92.2 Å². The van der Waals surface area contributed by atoms with Gasteiger partial charge in [0.25, 0.3) is 5.56 Å². The zero-order valence-electron chi connectivity index (χ0n) is 8.93. The Bertz CT molecular complexity index is 565. The van der Waals surface area contributed by atoms with Gasteiger partial charge in [-0.25, -0.2) is 4.79 Å². The van der Waals surface area contributed by atoms with Crippen LogP contribution in [0.2, 0.25) is 0 Å². The first-order valence-electron chi connectivity index (χ1n) is 5.12. The van der Waals surface area contributed by atoms with Gasteiger partial charge in [-0.05, 0) is 12.5 Å². The summed E-state index contributed by atoms with van der Waals surface area (Å²) in [5, 5.41) is 0. The van der Waals surface area contributed by atoms with Crippen LogP contribution < -0.4 is 11.2 Å². The van der Waals surface area contributed by atoms with Crippen LogP contribution in [0.4, 0.5) is 0 Å². The highest BCUT2D eigenvalue weighted by Gasteiger charge is 2.03. The van der Waals surface area contributed by atoms with E-state index < -0.39 is 0 Å². The molecular formula is C12H12N2O2. The number of nitrogens with one attached hydrogen (secondary N) is 1. The Hall–Kier alpha value is -2.10. The summed E-state index contributed by atoms with van der Waals surface area (Å²) in [6.45, 7) is 2.14. The fourth-order valence-electron chi connectivity index (χ4n) is 1.59. The van der Waals surface area contributed by atoms with E-state index in [0.29, 0.717) is 12.2 Å². The van der Waals surface area contributed by atoms with Gasteiger partial charge in [-0.2, -0.15) is 0 Å². The number of benzene rings is 1. The monoisotopic (exact) mass is 216 g/mol. The van der Waals surface area contributed by atoms with Crippen molar-refractivity contribution in [3.05, 3.63) is 57.2 Å². The predicted octanol–water partition coefficient (Wildman–Crippen LogP) is 1.22. The minimum absolute atomic E-state index is 0.273. The van der Waals surface area contributed by atoms with Gasteiger partial charge in [0.15, 0.2) is 0 Å². The number of rotatable bonds is 2. The van der Waals surface area contributed by atoms with Crippen LogP contribution in [0.25, 0.3) is 11.3 Å². The van der Waals surface area contributed by atoms with Gasteiger partial charge in [0, 0.05) is 12.6 Å². The van der Waals surface area contributed by atoms with E-state index in [1.54, 1.807) is 6.92 Å². The molecule has 0 spiro atoms. The molecule has 2 rings (SSSR count). The minimum Gasteiger partial charge on any atom is -0.307 e. The molecule has 0 unspecified atom stereocenters. The summed E-state index contributed by atoms with van der Waals surface area (Å²) in [5.74, 6) is 0. The number of H-pyrrole nitrogens is 1. The molecule has 82 valence electrons. The second-order valence-electron chi connectivity index (χ2n) is 3.44. The first kappa shape index (κ1) is 10.4. The third-order valence-electron chi connectivity index (χ3n) is 2.42. The van der Waals surface area contributed by atoms with Gasteiger partial charge in [0.1, 0.15) is 0 Å². The maximum atomic E-state index is 11.6. The van der Waals surface area contributed by atoms with Gasteiger partial charge in [0.05, 0.1) is 5.69 Å². The van der Waals surface area contributed by atoms with Crippen molar-refractivity contribution in [1.82, 2.24) is 9.55 Å². The second-order valence-corrected chi connectivity index (χ2v) is 3.44. The number of nitrogens with zero attached hydrogens (tertiary/aromatic N) is 1. The van der Waals surface area contributed by atoms with Crippen molar-refractivity contribution in [3.8, 4) is 11.3 Å². The second kappa shape index (κ2) is 4.18. The van der Waals surface area contributed by atoms with Crippen molar-refractivity contribution < 1.29 is 0 Å². The highest BCUT2D eigenvalue weighted by Crippen LogP contribution is 2.12. The first-order chi connectivity index (χ1) is 7.72. The summed E-state index contributed by atoms with van der Waals surface area (Å²) in [6.07, 6.45) is 0. The van der Waals surface area contributed by atoms with Crippen molar-refractivity contribution in [3.63, 3.8) is 0 Å². The molecule has 4 heteroatoms. The Morgan fingerprint density at radius 3 is 2.44 bits per heavy atom. The Morgan fingerprint density at radius 1 is 1.19 bits per heavy atom. The van der Waals surface area contributed by atoms with E-state index in [1.807, 2.05) is 30.3 Å². The summed E-state index contributed by atoms with van der Waals surface area (Å²) in [7, 11) is 0. The average Bonchev–Trinajstić information content (AvgIpc) is 2.30. The fourth-order valence-corrected chi connectivity index (χ4v) is 1.59. The highest BCUT2D eigenvalue weighted by molar-refractivity contribution is 5.57. The topological polar surface area (TPSA) is 54.9 Å². The van der Waals surface area contributed by atoms with Gasteiger partial charge in [-0.15, -0.1) is 0 Å². The van der Waals surface area contributed by atoms with E-state index in [1.165, 1.54) is 6.07 Å². The number of aromatic nitrogens is 2. The van der Waals surface area contributed by atoms with Crippen molar-refractivity contribution in [2.75, 3.05) is 0 Å². The fraction of sp³-hybridized carbons (Fsp3) is 0.167. The van der Waals surface area contributed by atoms with Crippen LogP contribution in [0.15, 0.2) is 46.0 Å². The smallest absolute Gasteiger partial charge is 0.307 e. The van der Waals surface area contributed by atoms with Crippen LogP contribution in [0.5, 0.6) is 0 Å². The summed E-state index contributed by atoms with van der Waals surface area (Å²) in [5.41, 5.74) is 0.749. The van der Waals surface area contributed by atoms with Gasteiger partial charge in [-0.1, -0.05) is 30.3 Å². The normalized spacial score (nSPS) is 10.3. The van der Waals surface area contributed by atoms with E-state index in [-0.39, 0.29) is 11.2 Å². The van der Waals surface area contributed by atoms with Crippen LogP contribution in [-0.4, -0.2) is 9.55 Å². The SMILES string of the molecule is CCn1c(=O)cc(-c2ccccc2)[nH]c1=O. The molecule has 0 aliphatic rings. The molecule has 0 aliphatic heterocycles. The zero-order valence-corrected chi connectivity index (χ0v) is 8.93. The molecular weight excluding hydrogens is 204 g/mol. The van der Waals surface area contributed by atoms with Gasteiger partial charge < -0.3 is 4.98 Å². The number of hydrogen-bond acceptors (Lipinski definition) is 2. The van der Waals surface area contributed by atoms with Gasteiger partial charge in [0.2, 0.25) is 0 Å². The lowest BCUT2D eigenvalue weighted by atomic mass is 10.1. The molecule has 0 fully saturated rings. The van der Waals surface area contributed by atoms with Gasteiger partial charge in [-0.3, -0.25) is 9.36 Å². The lowest BCUT2D eigenvalue weighted by Crippen LogP contribution is -2.34. The summed E-state index contributed by atoms with van der Waals surface area (Å²) >= 11 is 0. The molecule has 4 nitrogen and oxygen atoms in total. The standard InChI is InChI=1S/C12H12N2O2/c1-2-14-11(15)8-10(13-12(14)16)9-6-4-3-5-7-9/h3-8H,2H2,1H3,(H,13,16). The molecule has 0 amide bonds. The third-order valence-corrected chi connectivity index (χ3v) is 2.42. The maximum Gasteiger partial charge on any atom is 0.328 e. The van der Waals surface area contributed by atoms with E-state index >= 15 is 0 Å². The first-order valence-corrected chi connectivity index (χ1v) is 5.12. The van der Waals surface area contributed by atoms with Crippen LogP contribution >= 0.6 is 0 Å². The minimum atomic E-state index is -0.367. The Morgan fingerprint density at radius 2 is 1.88 bits per heavy atom. The molecule has 0 radical (unpaired) electrons. The molecule has 0 aliphatic carbocycles. The number of hydrogen-bond donors (Lipinski definition) is 1. The predicted molar refractivity (Wildman–Crippen MR) is 62.4 cm³/mol. The molecule has 1 aromatic carbocycles. The quantitative estimate of drug-likeness (QED) is 0.820. The molecule has 1 heterocycles. The van der Waals surface area contributed by atoms with Crippen molar-refractivity contribution in [1.29, 1.82) is 0 Å². The maximum absolute atomic E-state index is 11.6. The molecule has 16 heavy (non-hydrogen) atoms. The molecule has 0 bridgehead atoms. The van der Waals surface area contributed by atoms with E-state index in [4.69, 9.17) is 0 Å². The van der Waals surface area contributed by atoms with Crippen molar-refractivity contribution in [2.24, 2.45) is 0 Å². The summed E-state index contributed by atoms with van der Waals surface area (Å²) in [4.78, 5) is 25.9. The molecule has 0 saturated carbocycles. The van der Waals surface area contributed by atoms with Crippen molar-refractivity contribution in [2.45, 2.75) is 13.5 Å². The van der Waals surface area contributed by atoms with E-state index in [9.17, 15) is 9.59 Å². The lowest BCUT2D eigenvalue weighted by Gasteiger charge is -2.03. The summed E-state index contributed by atoms with van der Waals surface area (Å²) < 4.78 is 1.16. The Balaban J connectivity index is 2.62. The third kappa shape index (κ3) is 1.82. The van der Waals surface area contributed by atoms with Crippen LogP contribution in [0, 0.1) is 0 Å². The molecule has 1 N–H and O–H groups in total. The zero-order chi connectivity index (χ0) is 11.5. The summed E-state index contributed by atoms with van der Waals surface area (Å²) in [6, 6.07) is 10.7. The van der Waals surface area contributed by atoms with Crippen LogP contribution in [0.3, 0.4) is 0 Å². The van der Waals surface area contributed by atoms with E-state index in [2.05, 4.69) is 4.98 Å².